The Labute approximate surface area is 141 Å². The molecule has 1 aromatic carbocycles. The van der Waals surface area contributed by atoms with Crippen LogP contribution in [0.25, 0.3) is 0 Å². The van der Waals surface area contributed by atoms with Gasteiger partial charge in [0.25, 0.3) is 5.91 Å². The molecule has 1 fully saturated rings. The van der Waals surface area contributed by atoms with Crippen LogP contribution in [0.2, 0.25) is 0 Å². The molecule has 4 rings (SSSR count). The summed E-state index contributed by atoms with van der Waals surface area (Å²) in [5.74, 6) is -2.32. The molecule has 1 aromatic heterocycles. The zero-order valence-corrected chi connectivity index (χ0v) is 13.4. The molecule has 2 atom stereocenters. The van der Waals surface area contributed by atoms with Gasteiger partial charge in [0.1, 0.15) is 11.6 Å². The summed E-state index contributed by atoms with van der Waals surface area (Å²) in [6, 6.07) is 10.4. The van der Waals surface area contributed by atoms with E-state index in [1.807, 2.05) is 19.1 Å². The van der Waals surface area contributed by atoms with Crippen LogP contribution in [0.3, 0.4) is 0 Å². The number of nitrogens with zero attached hydrogens (tertiary/aromatic N) is 2. The number of amides is 2. The number of carbonyl (C=O) groups is 3. The number of Topliss-reactive ketones (excluding diaryl/α,β-unsaturated/α-hetero) is 1. The second-order valence-electron chi connectivity index (χ2n) is 5.63. The van der Waals surface area contributed by atoms with E-state index in [2.05, 4.69) is 5.16 Å². The van der Waals surface area contributed by atoms with Gasteiger partial charge in [-0.2, -0.15) is 0 Å². The van der Waals surface area contributed by atoms with Crippen molar-refractivity contribution in [2.45, 2.75) is 13.0 Å². The number of carbonyl (C=O) groups excluding carboxylic acids is 3. The van der Waals surface area contributed by atoms with Crippen LogP contribution in [-0.2, 0) is 14.4 Å². The highest BCUT2D eigenvalue weighted by Crippen LogP contribution is 2.34. The maximum atomic E-state index is 12.8. The first kappa shape index (κ1) is 14.8. The Morgan fingerprint density at radius 3 is 2.58 bits per heavy atom. The molecule has 1 saturated heterocycles. The van der Waals surface area contributed by atoms with E-state index >= 15 is 0 Å². The highest BCUT2D eigenvalue weighted by molar-refractivity contribution is 7.13. The van der Waals surface area contributed by atoms with E-state index in [9.17, 15) is 14.4 Å². The minimum atomic E-state index is -1.06. The molecule has 2 aliphatic heterocycles. The van der Waals surface area contributed by atoms with E-state index in [0.717, 1.165) is 10.5 Å². The number of aryl methyl sites for hydroxylation is 1. The lowest BCUT2D eigenvalue weighted by atomic mass is 9.96. The Bertz CT molecular complexity index is 871. The van der Waals surface area contributed by atoms with Crippen LogP contribution in [0.15, 0.2) is 46.9 Å². The number of hydrogen-bond donors (Lipinski definition) is 0. The van der Waals surface area contributed by atoms with E-state index in [1.165, 1.54) is 11.3 Å². The molecule has 24 heavy (non-hydrogen) atoms. The third-order valence-electron chi connectivity index (χ3n) is 4.08. The molecule has 0 spiro atoms. The normalized spacial score (nSPS) is 22.4. The SMILES string of the molecule is Cc1ccc(N2C(=O)[C@@H]3C(C(=O)c4cccs4)=NO[C@@H]3C2=O)cc1. The van der Waals surface area contributed by atoms with Gasteiger partial charge in [-0.15, -0.1) is 11.3 Å². The number of oxime groups is 1. The minimum Gasteiger partial charge on any atom is -0.381 e. The average molecular weight is 340 g/mol. The molecular formula is C17H12N2O4S. The number of thiophene rings is 1. The summed E-state index contributed by atoms with van der Waals surface area (Å²) in [7, 11) is 0. The van der Waals surface area contributed by atoms with Gasteiger partial charge < -0.3 is 4.84 Å². The Morgan fingerprint density at radius 1 is 1.17 bits per heavy atom. The van der Waals surface area contributed by atoms with Crippen molar-refractivity contribution in [3.8, 4) is 0 Å². The van der Waals surface area contributed by atoms with Crippen LogP contribution in [0.4, 0.5) is 5.69 Å². The maximum Gasteiger partial charge on any atom is 0.278 e. The van der Waals surface area contributed by atoms with Gasteiger partial charge in [0.05, 0.1) is 10.6 Å². The van der Waals surface area contributed by atoms with E-state index in [0.29, 0.717) is 10.6 Å². The summed E-state index contributed by atoms with van der Waals surface area (Å²) in [6.07, 6.45) is -1.06. The second-order valence-corrected chi connectivity index (χ2v) is 6.58. The summed E-state index contributed by atoms with van der Waals surface area (Å²) < 4.78 is 0. The predicted octanol–water partition coefficient (Wildman–Crippen LogP) is 2.18. The zero-order valence-electron chi connectivity index (χ0n) is 12.6. The number of ketones is 1. The Balaban J connectivity index is 1.67. The lowest BCUT2D eigenvalue weighted by Gasteiger charge is -2.15. The van der Waals surface area contributed by atoms with Crippen LogP contribution in [0, 0.1) is 12.8 Å². The first-order chi connectivity index (χ1) is 11.6. The van der Waals surface area contributed by atoms with Crippen molar-refractivity contribution in [3.05, 3.63) is 52.2 Å². The first-order valence-corrected chi connectivity index (χ1v) is 8.22. The average Bonchev–Trinajstić information content (AvgIpc) is 3.29. The number of benzene rings is 1. The molecule has 3 heterocycles. The largest absolute Gasteiger partial charge is 0.381 e. The Morgan fingerprint density at radius 2 is 1.92 bits per heavy atom. The van der Waals surface area contributed by atoms with Crippen LogP contribution in [0.1, 0.15) is 15.2 Å². The van der Waals surface area contributed by atoms with Gasteiger partial charge in [0.2, 0.25) is 17.8 Å². The van der Waals surface area contributed by atoms with Crippen LogP contribution in [0.5, 0.6) is 0 Å². The standard InChI is InChI=1S/C17H12N2O4S/c1-9-4-6-10(7-5-9)19-16(21)12-13(18-23-15(12)17(19)22)14(20)11-3-2-8-24-11/h2-8,12,15H,1H3/t12-,15+/m1/s1. The number of anilines is 1. The molecule has 7 heteroatoms. The van der Waals surface area contributed by atoms with Crippen molar-refractivity contribution >= 4 is 40.3 Å². The minimum absolute atomic E-state index is 0.00425. The van der Waals surface area contributed by atoms with Gasteiger partial charge in [0.15, 0.2) is 0 Å². The Kier molecular flexibility index (Phi) is 3.31. The van der Waals surface area contributed by atoms with E-state index < -0.39 is 23.8 Å². The topological polar surface area (TPSA) is 76.0 Å². The van der Waals surface area contributed by atoms with Crippen LogP contribution < -0.4 is 4.90 Å². The smallest absolute Gasteiger partial charge is 0.278 e. The van der Waals surface area contributed by atoms with Crippen molar-refractivity contribution in [2.75, 3.05) is 4.90 Å². The molecule has 6 nitrogen and oxygen atoms in total. The van der Waals surface area contributed by atoms with Crippen LogP contribution in [-0.4, -0.2) is 29.4 Å². The van der Waals surface area contributed by atoms with Crippen molar-refractivity contribution in [1.82, 2.24) is 0 Å². The third-order valence-corrected chi connectivity index (χ3v) is 4.95. The van der Waals surface area contributed by atoms with Crippen molar-refractivity contribution in [2.24, 2.45) is 11.1 Å². The van der Waals surface area contributed by atoms with Crippen LogP contribution >= 0.6 is 11.3 Å². The Hall–Kier alpha value is -2.80. The monoisotopic (exact) mass is 340 g/mol. The van der Waals surface area contributed by atoms with E-state index in [-0.39, 0.29) is 11.5 Å². The van der Waals surface area contributed by atoms with Gasteiger partial charge in [0, 0.05) is 0 Å². The molecule has 2 amide bonds. The fourth-order valence-corrected chi connectivity index (χ4v) is 3.52. The molecule has 120 valence electrons. The summed E-state index contributed by atoms with van der Waals surface area (Å²) >= 11 is 1.26. The fraction of sp³-hybridized carbons (Fsp3) is 0.176. The summed E-state index contributed by atoms with van der Waals surface area (Å²) in [5, 5.41) is 5.49. The lowest BCUT2D eigenvalue weighted by Crippen LogP contribution is -2.34. The highest BCUT2D eigenvalue weighted by atomic mass is 32.1. The van der Waals surface area contributed by atoms with Gasteiger partial charge in [-0.25, -0.2) is 4.90 Å². The maximum absolute atomic E-state index is 12.8. The molecule has 2 aliphatic rings. The molecule has 0 bridgehead atoms. The van der Waals surface area contributed by atoms with Gasteiger partial charge in [-0.3, -0.25) is 14.4 Å². The lowest BCUT2D eigenvalue weighted by molar-refractivity contribution is -0.126. The fourth-order valence-electron chi connectivity index (χ4n) is 2.85. The molecular weight excluding hydrogens is 328 g/mol. The van der Waals surface area contributed by atoms with Gasteiger partial charge in [-0.05, 0) is 30.5 Å². The molecule has 0 aliphatic carbocycles. The molecule has 0 radical (unpaired) electrons. The van der Waals surface area contributed by atoms with Gasteiger partial charge in [-0.1, -0.05) is 28.9 Å². The molecule has 2 aromatic rings. The number of hydrogen-bond acceptors (Lipinski definition) is 6. The molecule has 0 N–H and O–H groups in total. The first-order valence-electron chi connectivity index (χ1n) is 7.34. The number of imide groups is 1. The number of rotatable bonds is 3. The van der Waals surface area contributed by atoms with E-state index in [1.54, 1.807) is 29.6 Å². The molecule has 0 unspecified atom stereocenters. The van der Waals surface area contributed by atoms with Crippen molar-refractivity contribution in [3.63, 3.8) is 0 Å². The van der Waals surface area contributed by atoms with Gasteiger partial charge >= 0.3 is 0 Å². The van der Waals surface area contributed by atoms with E-state index in [4.69, 9.17) is 4.84 Å². The summed E-state index contributed by atoms with van der Waals surface area (Å²) in [6.45, 7) is 1.92. The molecule has 0 saturated carbocycles. The summed E-state index contributed by atoms with van der Waals surface area (Å²) in [5.41, 5.74) is 1.48. The zero-order chi connectivity index (χ0) is 16.8. The quantitative estimate of drug-likeness (QED) is 0.634. The van der Waals surface area contributed by atoms with Crippen molar-refractivity contribution < 1.29 is 19.2 Å². The number of fused-ring (bicyclic) bond motifs is 1. The highest BCUT2D eigenvalue weighted by Gasteiger charge is 2.57. The second kappa shape index (κ2) is 5.38. The third kappa shape index (κ3) is 2.09. The van der Waals surface area contributed by atoms with Crippen molar-refractivity contribution in [1.29, 1.82) is 0 Å². The summed E-state index contributed by atoms with van der Waals surface area (Å²) in [4.78, 5) is 44.5. The predicted molar refractivity (Wildman–Crippen MR) is 88.1 cm³/mol.